The molecule has 0 bridgehead atoms. The third-order valence-corrected chi connectivity index (χ3v) is 4.08. The van der Waals surface area contributed by atoms with Crippen molar-refractivity contribution in [1.82, 2.24) is 9.72 Å². The molecule has 0 amide bonds. The van der Waals surface area contributed by atoms with Crippen molar-refractivity contribution in [2.24, 2.45) is 7.05 Å². The molecule has 0 radical (unpaired) electrons. The second kappa shape index (κ2) is 5.32. The highest BCUT2D eigenvalue weighted by Gasteiger charge is 2.14. The average molecular weight is 304 g/mol. The second-order valence-electron chi connectivity index (χ2n) is 5.46. The largest absolute Gasteiger partial charge is 0.497 e. The highest BCUT2D eigenvalue weighted by atomic mass is 16.5. The zero-order valence-electron chi connectivity index (χ0n) is 13.0. The fourth-order valence-corrected chi connectivity index (χ4v) is 2.84. The minimum atomic E-state index is 0.751. The number of methoxy groups -OCH3 is 1. The summed E-state index contributed by atoms with van der Waals surface area (Å²) in [4.78, 5) is 0. The molecule has 4 nitrogen and oxygen atoms in total. The molecule has 0 aliphatic carbocycles. The fourth-order valence-electron chi connectivity index (χ4n) is 2.84. The van der Waals surface area contributed by atoms with Crippen LogP contribution in [-0.2, 0) is 7.05 Å². The number of aromatic nitrogens is 2. The molecule has 2 aromatic heterocycles. The number of fused-ring (bicyclic) bond motifs is 1. The first-order chi connectivity index (χ1) is 11.3. The Labute approximate surface area is 133 Å². The Morgan fingerprint density at radius 3 is 2.70 bits per heavy atom. The molecular weight excluding hydrogens is 288 g/mol. The van der Waals surface area contributed by atoms with Gasteiger partial charge in [-0.25, -0.2) is 0 Å². The van der Waals surface area contributed by atoms with Gasteiger partial charge in [0, 0.05) is 29.6 Å². The average Bonchev–Trinajstić information content (AvgIpc) is 3.20. The lowest BCUT2D eigenvalue weighted by Gasteiger charge is -2.00. The van der Waals surface area contributed by atoms with Crippen LogP contribution in [0, 0.1) is 0 Å². The number of ether oxygens (including phenoxy) is 1. The van der Waals surface area contributed by atoms with Crippen LogP contribution >= 0.6 is 0 Å². The van der Waals surface area contributed by atoms with Gasteiger partial charge in [-0.1, -0.05) is 35.5 Å². The summed E-state index contributed by atoms with van der Waals surface area (Å²) in [5.41, 5.74) is 3.94. The quantitative estimate of drug-likeness (QED) is 0.559. The van der Waals surface area contributed by atoms with Gasteiger partial charge in [0.25, 0.3) is 0 Å². The van der Waals surface area contributed by atoms with E-state index in [0.717, 1.165) is 28.5 Å². The summed E-state index contributed by atoms with van der Waals surface area (Å²) in [6.07, 6.45) is 0. The zero-order valence-corrected chi connectivity index (χ0v) is 13.0. The van der Waals surface area contributed by atoms with Gasteiger partial charge in [0.2, 0.25) is 0 Å². The lowest BCUT2D eigenvalue weighted by Crippen LogP contribution is -1.89. The Bertz CT molecular complexity index is 982. The van der Waals surface area contributed by atoms with E-state index in [0.29, 0.717) is 0 Å². The van der Waals surface area contributed by atoms with Crippen molar-refractivity contribution in [1.29, 1.82) is 0 Å². The molecule has 0 aliphatic rings. The van der Waals surface area contributed by atoms with Gasteiger partial charge in [-0.3, -0.25) is 0 Å². The van der Waals surface area contributed by atoms with E-state index in [9.17, 15) is 0 Å². The third kappa shape index (κ3) is 2.28. The molecule has 0 unspecified atom stereocenters. The molecule has 23 heavy (non-hydrogen) atoms. The van der Waals surface area contributed by atoms with Crippen molar-refractivity contribution < 1.29 is 9.26 Å². The Balaban J connectivity index is 1.78. The lowest BCUT2D eigenvalue weighted by atomic mass is 10.1. The Morgan fingerprint density at radius 2 is 1.87 bits per heavy atom. The van der Waals surface area contributed by atoms with E-state index < -0.39 is 0 Å². The molecule has 0 spiro atoms. The topological polar surface area (TPSA) is 40.2 Å². The van der Waals surface area contributed by atoms with Crippen LogP contribution in [0.15, 0.2) is 65.2 Å². The van der Waals surface area contributed by atoms with Crippen LogP contribution in [0.4, 0.5) is 0 Å². The van der Waals surface area contributed by atoms with Crippen LogP contribution < -0.4 is 4.74 Å². The van der Waals surface area contributed by atoms with E-state index >= 15 is 0 Å². The van der Waals surface area contributed by atoms with E-state index in [-0.39, 0.29) is 0 Å². The van der Waals surface area contributed by atoms with Crippen molar-refractivity contribution in [3.8, 4) is 28.5 Å². The van der Waals surface area contributed by atoms with Crippen LogP contribution in [0.2, 0.25) is 0 Å². The van der Waals surface area contributed by atoms with E-state index in [1.54, 1.807) is 7.11 Å². The monoisotopic (exact) mass is 304 g/mol. The molecule has 2 aromatic carbocycles. The molecule has 0 fully saturated rings. The van der Waals surface area contributed by atoms with Gasteiger partial charge in [-0.2, -0.15) is 0 Å². The van der Waals surface area contributed by atoms with Gasteiger partial charge >= 0.3 is 0 Å². The van der Waals surface area contributed by atoms with Gasteiger partial charge in [-0.05, 0) is 24.3 Å². The number of hydrogen-bond donors (Lipinski definition) is 0. The summed E-state index contributed by atoms with van der Waals surface area (Å²) in [6.45, 7) is 0. The van der Waals surface area contributed by atoms with E-state index in [1.807, 2.05) is 49.5 Å². The minimum absolute atomic E-state index is 0.751. The van der Waals surface area contributed by atoms with Crippen LogP contribution in [0.25, 0.3) is 33.6 Å². The number of rotatable bonds is 3. The summed E-state index contributed by atoms with van der Waals surface area (Å²) in [6, 6.07) is 20.1. The van der Waals surface area contributed by atoms with Crippen LogP contribution in [0.3, 0.4) is 0 Å². The Morgan fingerprint density at radius 1 is 1.00 bits per heavy atom. The highest BCUT2D eigenvalue weighted by molar-refractivity contribution is 5.86. The van der Waals surface area contributed by atoms with Gasteiger partial charge in [0.1, 0.15) is 11.4 Å². The molecule has 4 rings (SSSR count). The van der Waals surface area contributed by atoms with Gasteiger partial charge < -0.3 is 13.8 Å². The maximum absolute atomic E-state index is 5.58. The molecule has 0 saturated heterocycles. The van der Waals surface area contributed by atoms with Crippen LogP contribution in [0.1, 0.15) is 0 Å². The number of hydrogen-bond acceptors (Lipinski definition) is 3. The Hall–Kier alpha value is -3.01. The van der Waals surface area contributed by atoms with Gasteiger partial charge in [-0.15, -0.1) is 0 Å². The van der Waals surface area contributed by atoms with E-state index in [1.165, 1.54) is 10.9 Å². The first-order valence-electron chi connectivity index (χ1n) is 7.42. The number of para-hydroxylation sites is 1. The highest BCUT2D eigenvalue weighted by Crippen LogP contribution is 2.31. The van der Waals surface area contributed by atoms with Gasteiger partial charge in [0.05, 0.1) is 12.8 Å². The number of aryl methyl sites for hydroxylation is 1. The fraction of sp³-hybridized carbons (Fsp3) is 0.105. The first-order valence-corrected chi connectivity index (χ1v) is 7.42. The third-order valence-electron chi connectivity index (χ3n) is 4.08. The number of benzene rings is 2. The minimum Gasteiger partial charge on any atom is -0.497 e. The normalized spacial score (nSPS) is 11.0. The molecule has 4 heteroatoms. The molecule has 2 heterocycles. The summed E-state index contributed by atoms with van der Waals surface area (Å²) in [7, 11) is 3.69. The first kappa shape index (κ1) is 13.6. The second-order valence-corrected chi connectivity index (χ2v) is 5.46. The summed E-state index contributed by atoms with van der Waals surface area (Å²) in [5, 5.41) is 5.39. The maximum atomic E-state index is 5.58. The standard InChI is InChI=1S/C19H16N2O2/c1-21-17-9-4-3-6-14(17)11-18(21)19-12-16(20-23-19)13-7-5-8-15(10-13)22-2/h3-12H,1-2H3. The molecule has 0 saturated carbocycles. The van der Waals surface area contributed by atoms with E-state index in [2.05, 4.69) is 27.9 Å². The van der Waals surface area contributed by atoms with E-state index in [4.69, 9.17) is 9.26 Å². The summed E-state index contributed by atoms with van der Waals surface area (Å²) < 4.78 is 13.0. The SMILES string of the molecule is COc1cccc(-c2cc(-c3cc4ccccc4n3C)on2)c1. The maximum Gasteiger partial charge on any atom is 0.183 e. The van der Waals surface area contributed by atoms with Crippen LogP contribution in [0.5, 0.6) is 5.75 Å². The molecule has 4 aromatic rings. The van der Waals surface area contributed by atoms with Crippen molar-refractivity contribution in [2.75, 3.05) is 7.11 Å². The van der Waals surface area contributed by atoms with Crippen molar-refractivity contribution >= 4 is 10.9 Å². The van der Waals surface area contributed by atoms with Crippen molar-refractivity contribution in [3.05, 3.63) is 60.7 Å². The summed E-state index contributed by atoms with van der Waals surface area (Å²) >= 11 is 0. The molecular formula is C19H16N2O2. The lowest BCUT2D eigenvalue weighted by molar-refractivity contribution is 0.414. The van der Waals surface area contributed by atoms with Crippen molar-refractivity contribution in [2.45, 2.75) is 0 Å². The molecule has 114 valence electrons. The predicted octanol–water partition coefficient (Wildman–Crippen LogP) is 4.51. The van der Waals surface area contributed by atoms with Crippen molar-refractivity contribution in [3.63, 3.8) is 0 Å². The number of nitrogens with zero attached hydrogens (tertiary/aromatic N) is 2. The predicted molar refractivity (Wildman–Crippen MR) is 90.4 cm³/mol. The smallest absolute Gasteiger partial charge is 0.183 e. The van der Waals surface area contributed by atoms with Gasteiger partial charge in [0.15, 0.2) is 5.76 Å². The zero-order chi connectivity index (χ0) is 15.8. The Kier molecular flexibility index (Phi) is 3.15. The molecule has 0 atom stereocenters. The molecule has 0 aliphatic heterocycles. The molecule has 0 N–H and O–H groups in total. The van der Waals surface area contributed by atoms with Crippen LogP contribution in [-0.4, -0.2) is 16.8 Å². The summed E-state index contributed by atoms with van der Waals surface area (Å²) in [5.74, 6) is 1.55.